The molecule has 0 bridgehead atoms. The molecule has 1 spiro atoms. The van der Waals surface area contributed by atoms with Crippen LogP contribution in [0.4, 0.5) is 0 Å². The highest BCUT2D eigenvalue weighted by molar-refractivity contribution is 8.00. The highest BCUT2D eigenvalue weighted by Crippen LogP contribution is 2.54. The van der Waals surface area contributed by atoms with Crippen molar-refractivity contribution < 1.29 is 0 Å². The fourth-order valence-corrected chi connectivity index (χ4v) is 4.65. The van der Waals surface area contributed by atoms with E-state index in [0.717, 1.165) is 0 Å². The zero-order chi connectivity index (χ0) is 11.2. The summed E-state index contributed by atoms with van der Waals surface area (Å²) < 4.78 is 0.417. The average Bonchev–Trinajstić information content (AvgIpc) is 2.65. The summed E-state index contributed by atoms with van der Waals surface area (Å²) in [6.45, 7) is 4.60. The van der Waals surface area contributed by atoms with Crippen molar-refractivity contribution in [2.75, 3.05) is 5.75 Å². The molecule has 1 aromatic carbocycles. The van der Waals surface area contributed by atoms with Gasteiger partial charge in [0.25, 0.3) is 0 Å². The molecule has 0 nitrogen and oxygen atoms in total. The molecule has 1 unspecified atom stereocenters. The quantitative estimate of drug-likeness (QED) is 0.599. The maximum absolute atomic E-state index is 2.35. The van der Waals surface area contributed by atoms with Crippen molar-refractivity contribution in [1.82, 2.24) is 0 Å². The topological polar surface area (TPSA) is 0 Å². The van der Waals surface area contributed by atoms with Crippen LogP contribution in [-0.2, 0) is 11.2 Å². The Kier molecular flexibility index (Phi) is 2.39. The van der Waals surface area contributed by atoms with Gasteiger partial charge in [0.2, 0.25) is 0 Å². The van der Waals surface area contributed by atoms with E-state index in [1.54, 1.807) is 22.3 Å². The molecule has 84 valence electrons. The molecule has 0 saturated carbocycles. The summed E-state index contributed by atoms with van der Waals surface area (Å²) in [5, 5.41) is 0. The first-order chi connectivity index (χ1) is 7.71. The highest BCUT2D eigenvalue weighted by atomic mass is 32.2. The van der Waals surface area contributed by atoms with Gasteiger partial charge in [-0.1, -0.05) is 35.4 Å². The Bertz CT molecular complexity index is 458. The van der Waals surface area contributed by atoms with Crippen LogP contribution in [0.1, 0.15) is 37.8 Å². The van der Waals surface area contributed by atoms with Gasteiger partial charge in [0.1, 0.15) is 0 Å². The first kappa shape index (κ1) is 10.5. The zero-order valence-electron chi connectivity index (χ0n) is 10.0. The molecule has 2 aliphatic rings. The molecule has 1 heterocycles. The largest absolute Gasteiger partial charge is 0.146 e. The van der Waals surface area contributed by atoms with Gasteiger partial charge < -0.3 is 0 Å². The van der Waals surface area contributed by atoms with Gasteiger partial charge in [0.05, 0.1) is 0 Å². The Morgan fingerprint density at radius 1 is 1.12 bits per heavy atom. The molecule has 0 fully saturated rings. The third kappa shape index (κ3) is 1.45. The maximum Gasteiger partial charge on any atom is 0.0454 e. The number of fused-ring (bicyclic) bond motifs is 2. The summed E-state index contributed by atoms with van der Waals surface area (Å²) in [5.74, 6) is 1.22. The second-order valence-electron chi connectivity index (χ2n) is 5.18. The molecular formula is C15H18S. The van der Waals surface area contributed by atoms with Crippen LogP contribution >= 0.6 is 11.8 Å². The Hall–Kier alpha value is -0.690. The smallest absolute Gasteiger partial charge is 0.0454 e. The standard InChI is InChI=1S/C15H18S/c1-11-9-15(16-10-12(11)2)8-7-13-5-3-4-6-14(13)15/h3-6H,7-10H2,1-2H3. The Labute approximate surface area is 102 Å². The molecule has 0 saturated heterocycles. The average molecular weight is 230 g/mol. The summed E-state index contributed by atoms with van der Waals surface area (Å²) in [4.78, 5) is 0. The van der Waals surface area contributed by atoms with Gasteiger partial charge in [-0.2, -0.15) is 0 Å². The number of allylic oxidation sites excluding steroid dienone is 1. The van der Waals surface area contributed by atoms with Crippen molar-refractivity contribution in [2.24, 2.45) is 0 Å². The SMILES string of the molecule is CC1=C(C)CC2(CCc3ccccc32)SC1. The second kappa shape index (κ2) is 3.66. The van der Waals surface area contributed by atoms with E-state index < -0.39 is 0 Å². The van der Waals surface area contributed by atoms with Crippen LogP contribution in [0.3, 0.4) is 0 Å². The van der Waals surface area contributed by atoms with E-state index in [9.17, 15) is 0 Å². The molecule has 3 rings (SSSR count). The fourth-order valence-electron chi connectivity index (χ4n) is 2.99. The third-order valence-corrected chi connectivity index (χ3v) is 5.85. The highest BCUT2D eigenvalue weighted by Gasteiger charge is 2.40. The number of thioether (sulfide) groups is 1. The summed E-state index contributed by atoms with van der Waals surface area (Å²) in [7, 11) is 0. The van der Waals surface area contributed by atoms with Gasteiger partial charge in [-0.3, -0.25) is 0 Å². The van der Waals surface area contributed by atoms with Crippen LogP contribution in [0.5, 0.6) is 0 Å². The van der Waals surface area contributed by atoms with Crippen molar-refractivity contribution >= 4 is 11.8 Å². The van der Waals surface area contributed by atoms with Crippen molar-refractivity contribution in [3.05, 3.63) is 46.5 Å². The number of hydrogen-bond donors (Lipinski definition) is 0. The van der Waals surface area contributed by atoms with E-state index in [-0.39, 0.29) is 0 Å². The summed E-state index contributed by atoms with van der Waals surface area (Å²) in [6.07, 6.45) is 3.87. The van der Waals surface area contributed by atoms with Crippen LogP contribution < -0.4 is 0 Å². The van der Waals surface area contributed by atoms with Crippen molar-refractivity contribution in [3.8, 4) is 0 Å². The zero-order valence-corrected chi connectivity index (χ0v) is 10.9. The molecule has 1 heteroatoms. The second-order valence-corrected chi connectivity index (χ2v) is 6.54. The van der Waals surface area contributed by atoms with Gasteiger partial charge in [-0.25, -0.2) is 0 Å². The molecule has 0 N–H and O–H groups in total. The lowest BCUT2D eigenvalue weighted by Gasteiger charge is -2.35. The first-order valence-corrected chi connectivity index (χ1v) is 7.07. The summed E-state index contributed by atoms with van der Waals surface area (Å²) in [5.41, 5.74) is 6.42. The predicted molar refractivity (Wildman–Crippen MR) is 71.9 cm³/mol. The molecule has 0 aromatic heterocycles. The van der Waals surface area contributed by atoms with Crippen LogP contribution in [-0.4, -0.2) is 5.75 Å². The fraction of sp³-hybridized carbons (Fsp3) is 0.467. The van der Waals surface area contributed by atoms with Gasteiger partial charge in [-0.15, -0.1) is 11.8 Å². The lowest BCUT2D eigenvalue weighted by atomic mass is 9.91. The van der Waals surface area contributed by atoms with Crippen LogP contribution in [0, 0.1) is 0 Å². The summed E-state index contributed by atoms with van der Waals surface area (Å²) >= 11 is 2.17. The Morgan fingerprint density at radius 2 is 1.94 bits per heavy atom. The number of rotatable bonds is 0. The molecular weight excluding hydrogens is 212 g/mol. The van der Waals surface area contributed by atoms with E-state index in [1.165, 1.54) is 25.0 Å². The Morgan fingerprint density at radius 3 is 2.75 bits per heavy atom. The van der Waals surface area contributed by atoms with Crippen LogP contribution in [0.15, 0.2) is 35.4 Å². The molecule has 1 aliphatic carbocycles. The third-order valence-electron chi connectivity index (χ3n) is 4.15. The van der Waals surface area contributed by atoms with Gasteiger partial charge >= 0.3 is 0 Å². The maximum atomic E-state index is 2.35. The number of aryl methyl sites for hydroxylation is 1. The molecule has 1 atom stereocenters. The molecule has 0 amide bonds. The van der Waals surface area contributed by atoms with Gasteiger partial charge in [0.15, 0.2) is 0 Å². The monoisotopic (exact) mass is 230 g/mol. The van der Waals surface area contributed by atoms with E-state index in [1.807, 2.05) is 0 Å². The lowest BCUT2D eigenvalue weighted by Crippen LogP contribution is -2.23. The van der Waals surface area contributed by atoms with Crippen LogP contribution in [0.25, 0.3) is 0 Å². The Balaban J connectivity index is 2.04. The van der Waals surface area contributed by atoms with Crippen molar-refractivity contribution in [2.45, 2.75) is 37.9 Å². The van der Waals surface area contributed by atoms with Gasteiger partial charge in [-0.05, 0) is 44.2 Å². The number of hydrogen-bond acceptors (Lipinski definition) is 1. The molecule has 0 radical (unpaired) electrons. The summed E-state index contributed by atoms with van der Waals surface area (Å²) in [6, 6.07) is 9.04. The van der Waals surface area contributed by atoms with Crippen molar-refractivity contribution in [3.63, 3.8) is 0 Å². The normalized spacial score (nSPS) is 28.6. The van der Waals surface area contributed by atoms with E-state index in [0.29, 0.717) is 4.75 Å². The van der Waals surface area contributed by atoms with Crippen LogP contribution in [0.2, 0.25) is 0 Å². The minimum Gasteiger partial charge on any atom is -0.146 e. The van der Waals surface area contributed by atoms with E-state index in [4.69, 9.17) is 0 Å². The van der Waals surface area contributed by atoms with Gasteiger partial charge in [0, 0.05) is 10.5 Å². The molecule has 1 aromatic rings. The first-order valence-electron chi connectivity index (χ1n) is 6.09. The lowest BCUT2D eigenvalue weighted by molar-refractivity contribution is 0.599. The van der Waals surface area contributed by atoms with E-state index in [2.05, 4.69) is 49.9 Å². The predicted octanol–water partition coefficient (Wildman–Crippen LogP) is 4.30. The molecule has 16 heavy (non-hydrogen) atoms. The minimum atomic E-state index is 0.417. The van der Waals surface area contributed by atoms with Crippen molar-refractivity contribution in [1.29, 1.82) is 0 Å². The minimum absolute atomic E-state index is 0.417. The number of benzene rings is 1. The van der Waals surface area contributed by atoms with E-state index >= 15 is 0 Å². The molecule has 1 aliphatic heterocycles.